The highest BCUT2D eigenvalue weighted by molar-refractivity contribution is 5.85. The van der Waals surface area contributed by atoms with Crippen molar-refractivity contribution in [1.82, 2.24) is 0 Å². The number of hydrogen-bond acceptors (Lipinski definition) is 3. The summed E-state index contributed by atoms with van der Waals surface area (Å²) in [6.07, 6.45) is 0. The van der Waals surface area contributed by atoms with E-state index in [9.17, 15) is 5.11 Å². The molecule has 0 aliphatic rings. The molecule has 3 nitrogen and oxygen atoms in total. The van der Waals surface area contributed by atoms with Gasteiger partial charge >= 0.3 is 0 Å². The first-order valence-corrected chi connectivity index (χ1v) is 6.85. The molecule has 0 saturated carbocycles. The molecule has 1 N–H and O–H groups in total. The highest BCUT2D eigenvalue weighted by Crippen LogP contribution is 2.31. The Morgan fingerprint density at radius 3 is 2.10 bits per heavy atom. The number of phenolic OH excluding ortho intramolecular Hbond substituents is 1. The molecular weight excluding hydrogens is 264 g/mol. The van der Waals surface area contributed by atoms with Gasteiger partial charge in [-0.3, -0.25) is 0 Å². The lowest BCUT2D eigenvalue weighted by atomic mass is 10.1. The first-order chi connectivity index (χ1) is 10.3. The normalized spacial score (nSPS) is 10.5. The van der Waals surface area contributed by atoms with Gasteiger partial charge < -0.3 is 14.6 Å². The number of hydrogen-bond donors (Lipinski definition) is 1. The lowest BCUT2D eigenvalue weighted by Crippen LogP contribution is -2.09. The summed E-state index contributed by atoms with van der Waals surface area (Å²) in [5.41, 5.74) is 0. The molecule has 3 heteroatoms. The highest BCUT2D eigenvalue weighted by Gasteiger charge is 2.05. The van der Waals surface area contributed by atoms with E-state index in [1.54, 1.807) is 6.07 Å². The van der Waals surface area contributed by atoms with Crippen LogP contribution in [0.5, 0.6) is 17.2 Å². The van der Waals surface area contributed by atoms with Crippen LogP contribution in [0.3, 0.4) is 0 Å². The summed E-state index contributed by atoms with van der Waals surface area (Å²) < 4.78 is 11.1. The topological polar surface area (TPSA) is 38.7 Å². The lowest BCUT2D eigenvalue weighted by molar-refractivity contribution is 0.212. The molecule has 0 aliphatic heterocycles. The van der Waals surface area contributed by atoms with Crippen molar-refractivity contribution in [3.63, 3.8) is 0 Å². The number of aromatic hydroxyl groups is 1. The van der Waals surface area contributed by atoms with Gasteiger partial charge in [-0.2, -0.15) is 0 Å². The molecule has 3 aromatic rings. The number of para-hydroxylation sites is 1. The van der Waals surface area contributed by atoms with E-state index in [0.29, 0.717) is 19.0 Å². The van der Waals surface area contributed by atoms with Crippen molar-refractivity contribution < 1.29 is 14.6 Å². The third-order valence-corrected chi connectivity index (χ3v) is 3.18. The van der Waals surface area contributed by atoms with Crippen molar-refractivity contribution in [3.8, 4) is 17.2 Å². The van der Waals surface area contributed by atoms with Crippen LogP contribution in [0.2, 0.25) is 0 Å². The third-order valence-electron chi connectivity index (χ3n) is 3.18. The van der Waals surface area contributed by atoms with Crippen LogP contribution in [-0.2, 0) is 0 Å². The number of ether oxygens (including phenoxy) is 2. The zero-order valence-electron chi connectivity index (χ0n) is 11.5. The molecule has 0 radical (unpaired) electrons. The summed E-state index contributed by atoms with van der Waals surface area (Å²) in [6.45, 7) is 0.803. The minimum Gasteiger partial charge on any atom is -0.504 e. The van der Waals surface area contributed by atoms with E-state index in [2.05, 4.69) is 0 Å². The van der Waals surface area contributed by atoms with Crippen molar-refractivity contribution in [2.75, 3.05) is 13.2 Å². The predicted octanol–water partition coefficient (Wildman–Crippen LogP) is 4.00. The summed E-state index contributed by atoms with van der Waals surface area (Å²) >= 11 is 0. The molecule has 0 aromatic heterocycles. The first kappa shape index (κ1) is 13.3. The van der Waals surface area contributed by atoms with Crippen LogP contribution >= 0.6 is 0 Å². The van der Waals surface area contributed by atoms with Crippen molar-refractivity contribution >= 4 is 10.8 Å². The van der Waals surface area contributed by atoms with Gasteiger partial charge in [0, 0.05) is 0 Å². The number of rotatable bonds is 5. The molecule has 0 aliphatic carbocycles. The fourth-order valence-electron chi connectivity index (χ4n) is 2.15. The van der Waals surface area contributed by atoms with Crippen molar-refractivity contribution in [2.24, 2.45) is 0 Å². The molecule has 0 amide bonds. The van der Waals surface area contributed by atoms with Gasteiger partial charge in [-0.05, 0) is 35.0 Å². The second kappa shape index (κ2) is 6.18. The number of phenols is 1. The zero-order chi connectivity index (χ0) is 14.5. The van der Waals surface area contributed by atoms with Crippen molar-refractivity contribution in [2.45, 2.75) is 0 Å². The Morgan fingerprint density at radius 2 is 1.33 bits per heavy atom. The van der Waals surface area contributed by atoms with Gasteiger partial charge in [-0.1, -0.05) is 42.5 Å². The van der Waals surface area contributed by atoms with E-state index < -0.39 is 0 Å². The summed E-state index contributed by atoms with van der Waals surface area (Å²) in [5.74, 6) is 1.43. The second-order valence-corrected chi connectivity index (χ2v) is 4.68. The monoisotopic (exact) mass is 280 g/mol. The Balaban J connectivity index is 1.61. The van der Waals surface area contributed by atoms with Crippen LogP contribution in [0.25, 0.3) is 10.8 Å². The molecule has 0 spiro atoms. The maximum atomic E-state index is 9.96. The van der Waals surface area contributed by atoms with E-state index in [4.69, 9.17) is 9.47 Å². The van der Waals surface area contributed by atoms with Crippen LogP contribution in [0.4, 0.5) is 0 Å². The van der Waals surface area contributed by atoms with Gasteiger partial charge in [0.05, 0.1) is 0 Å². The Morgan fingerprint density at radius 1 is 0.714 bits per heavy atom. The third kappa shape index (κ3) is 3.26. The van der Waals surface area contributed by atoms with E-state index in [1.165, 1.54) is 0 Å². The minimum atomic E-state index is 0.147. The Kier molecular flexibility index (Phi) is 3.92. The minimum absolute atomic E-state index is 0.147. The van der Waals surface area contributed by atoms with E-state index in [1.807, 2.05) is 60.7 Å². The first-order valence-electron chi connectivity index (χ1n) is 6.85. The molecule has 0 saturated heterocycles. The van der Waals surface area contributed by atoms with E-state index in [-0.39, 0.29) is 5.75 Å². The van der Waals surface area contributed by atoms with Gasteiger partial charge in [0.2, 0.25) is 0 Å². The van der Waals surface area contributed by atoms with Gasteiger partial charge in [-0.15, -0.1) is 0 Å². The molecule has 0 bridgehead atoms. The summed E-state index contributed by atoms with van der Waals surface area (Å²) in [6, 6.07) is 21.0. The van der Waals surface area contributed by atoms with Crippen LogP contribution < -0.4 is 9.47 Å². The maximum Gasteiger partial charge on any atom is 0.161 e. The molecule has 0 atom stereocenters. The summed E-state index contributed by atoms with van der Waals surface area (Å²) in [5, 5.41) is 12.0. The zero-order valence-corrected chi connectivity index (χ0v) is 11.5. The fraction of sp³-hybridized carbons (Fsp3) is 0.111. The second-order valence-electron chi connectivity index (χ2n) is 4.68. The highest BCUT2D eigenvalue weighted by atomic mass is 16.5. The molecule has 106 valence electrons. The molecule has 0 heterocycles. The number of fused-ring (bicyclic) bond motifs is 1. The average molecular weight is 280 g/mol. The van der Waals surface area contributed by atoms with Crippen molar-refractivity contribution in [1.29, 1.82) is 0 Å². The smallest absolute Gasteiger partial charge is 0.161 e. The standard InChI is InChI=1S/C18H16O3/c19-17-12-14-6-4-5-7-15(14)13-18(17)21-11-10-20-16-8-2-1-3-9-16/h1-9,12-13,19H,10-11H2. The molecule has 0 fully saturated rings. The van der Waals surface area contributed by atoms with Gasteiger partial charge in [-0.25, -0.2) is 0 Å². The molecule has 3 rings (SSSR count). The average Bonchev–Trinajstić information content (AvgIpc) is 2.53. The Labute approximate surface area is 123 Å². The van der Waals surface area contributed by atoms with Gasteiger partial charge in [0.25, 0.3) is 0 Å². The largest absolute Gasteiger partial charge is 0.504 e. The lowest BCUT2D eigenvalue weighted by Gasteiger charge is -2.10. The van der Waals surface area contributed by atoms with Crippen LogP contribution in [0.15, 0.2) is 66.7 Å². The molecule has 0 unspecified atom stereocenters. The summed E-state index contributed by atoms with van der Waals surface area (Å²) in [4.78, 5) is 0. The Bertz CT molecular complexity index is 723. The quantitative estimate of drug-likeness (QED) is 0.718. The SMILES string of the molecule is Oc1cc2ccccc2cc1OCCOc1ccccc1. The van der Waals surface area contributed by atoms with E-state index in [0.717, 1.165) is 16.5 Å². The molecule has 21 heavy (non-hydrogen) atoms. The van der Waals surface area contributed by atoms with Gasteiger partial charge in [0.1, 0.15) is 19.0 Å². The number of benzene rings is 3. The van der Waals surface area contributed by atoms with Crippen LogP contribution in [0, 0.1) is 0 Å². The molecular formula is C18H16O3. The molecule has 3 aromatic carbocycles. The predicted molar refractivity (Wildman–Crippen MR) is 83.0 cm³/mol. The van der Waals surface area contributed by atoms with Gasteiger partial charge in [0.15, 0.2) is 11.5 Å². The van der Waals surface area contributed by atoms with Crippen LogP contribution in [0.1, 0.15) is 0 Å². The fourth-order valence-corrected chi connectivity index (χ4v) is 2.15. The maximum absolute atomic E-state index is 9.96. The van der Waals surface area contributed by atoms with Crippen LogP contribution in [-0.4, -0.2) is 18.3 Å². The van der Waals surface area contributed by atoms with E-state index >= 15 is 0 Å². The summed E-state index contributed by atoms with van der Waals surface area (Å²) in [7, 11) is 0. The Hall–Kier alpha value is -2.68. The van der Waals surface area contributed by atoms with Crippen molar-refractivity contribution in [3.05, 3.63) is 66.7 Å².